The second kappa shape index (κ2) is 2.70. The van der Waals surface area contributed by atoms with E-state index in [0.29, 0.717) is 0 Å². The first-order chi connectivity index (χ1) is 6.80. The Labute approximate surface area is 82.5 Å². The molecule has 2 aliphatic rings. The first-order valence-electron chi connectivity index (χ1n) is 5.05. The second-order valence-electron chi connectivity index (χ2n) is 4.25. The molecule has 14 heavy (non-hydrogen) atoms. The summed E-state index contributed by atoms with van der Waals surface area (Å²) in [6, 6.07) is 5.05. The molecule has 2 nitrogen and oxygen atoms in total. The molecule has 0 aromatic heterocycles. The maximum absolute atomic E-state index is 13.2. The minimum absolute atomic E-state index is 0.126. The first kappa shape index (κ1) is 8.24. The molecule has 2 heterocycles. The van der Waals surface area contributed by atoms with Gasteiger partial charge in [-0.2, -0.15) is 0 Å². The zero-order chi connectivity index (χ0) is 9.60. The predicted octanol–water partition coefficient (Wildman–Crippen LogP) is 1.48. The van der Waals surface area contributed by atoms with Crippen LogP contribution in [0, 0.1) is 5.82 Å². The van der Waals surface area contributed by atoms with Gasteiger partial charge in [0.25, 0.3) is 0 Å². The van der Waals surface area contributed by atoms with Crippen molar-refractivity contribution in [1.29, 1.82) is 0 Å². The van der Waals surface area contributed by atoms with Crippen molar-refractivity contribution in [3.8, 4) is 0 Å². The van der Waals surface area contributed by atoms with Crippen LogP contribution in [0.3, 0.4) is 0 Å². The highest BCUT2D eigenvalue weighted by Crippen LogP contribution is 2.40. The van der Waals surface area contributed by atoms with Gasteiger partial charge >= 0.3 is 0 Å². The molecule has 0 unspecified atom stereocenters. The van der Waals surface area contributed by atoms with Crippen molar-refractivity contribution < 1.29 is 4.39 Å². The summed E-state index contributed by atoms with van der Waals surface area (Å²) < 4.78 is 13.2. The van der Waals surface area contributed by atoms with Crippen molar-refractivity contribution in [2.24, 2.45) is 0 Å². The van der Waals surface area contributed by atoms with E-state index in [1.807, 2.05) is 6.07 Å². The van der Waals surface area contributed by atoms with Gasteiger partial charge in [-0.3, -0.25) is 0 Å². The highest BCUT2D eigenvalue weighted by molar-refractivity contribution is 5.61. The maximum atomic E-state index is 13.2. The molecule has 1 fully saturated rings. The van der Waals surface area contributed by atoms with Gasteiger partial charge in [-0.05, 0) is 36.7 Å². The number of anilines is 1. The summed E-state index contributed by atoms with van der Waals surface area (Å²) >= 11 is 0. The van der Waals surface area contributed by atoms with Crippen LogP contribution in [-0.2, 0) is 5.41 Å². The second-order valence-corrected chi connectivity index (χ2v) is 4.25. The van der Waals surface area contributed by atoms with Crippen molar-refractivity contribution in [2.45, 2.75) is 11.8 Å². The van der Waals surface area contributed by atoms with Crippen molar-refractivity contribution in [1.82, 2.24) is 5.32 Å². The molecule has 1 aromatic rings. The lowest BCUT2D eigenvalue weighted by atomic mass is 9.82. The Bertz CT molecular complexity index is 370. The highest BCUT2D eigenvalue weighted by Gasteiger charge is 2.41. The number of hydrogen-bond acceptors (Lipinski definition) is 2. The Kier molecular flexibility index (Phi) is 1.59. The molecule has 2 N–H and O–H groups in total. The molecule has 0 radical (unpaired) electrons. The smallest absolute Gasteiger partial charge is 0.123 e. The van der Waals surface area contributed by atoms with Crippen LogP contribution in [0.5, 0.6) is 0 Å². The van der Waals surface area contributed by atoms with E-state index >= 15 is 0 Å². The monoisotopic (exact) mass is 192 g/mol. The standard InChI is InChI=1S/C11H13FN2/c12-8-1-2-10-9(5-8)11(7-14-10)3-4-13-6-11/h1-2,5,13-14H,3-4,6-7H2/t11-/m1/s1. The van der Waals surface area contributed by atoms with Crippen LogP contribution in [0.4, 0.5) is 10.1 Å². The summed E-state index contributed by atoms with van der Waals surface area (Å²) in [6.07, 6.45) is 1.11. The van der Waals surface area contributed by atoms with E-state index in [-0.39, 0.29) is 11.2 Å². The van der Waals surface area contributed by atoms with E-state index in [1.165, 1.54) is 6.07 Å². The van der Waals surface area contributed by atoms with Crippen molar-refractivity contribution in [2.75, 3.05) is 25.0 Å². The molecule has 0 amide bonds. The summed E-state index contributed by atoms with van der Waals surface area (Å²) in [4.78, 5) is 0. The fraction of sp³-hybridized carbons (Fsp3) is 0.455. The molecule has 3 heteroatoms. The molecular weight excluding hydrogens is 179 g/mol. The lowest BCUT2D eigenvalue weighted by Crippen LogP contribution is -2.30. The van der Waals surface area contributed by atoms with E-state index in [4.69, 9.17) is 0 Å². The molecule has 0 aliphatic carbocycles. The topological polar surface area (TPSA) is 24.1 Å². The Balaban J connectivity index is 2.12. The molecule has 2 aliphatic heterocycles. The summed E-state index contributed by atoms with van der Waals surface area (Å²) in [7, 11) is 0. The Hall–Kier alpha value is -1.09. The predicted molar refractivity (Wildman–Crippen MR) is 54.1 cm³/mol. The number of rotatable bonds is 0. The van der Waals surface area contributed by atoms with Crippen LogP contribution in [0.1, 0.15) is 12.0 Å². The third-order valence-corrected chi connectivity index (χ3v) is 3.41. The minimum atomic E-state index is -0.126. The number of hydrogen-bond donors (Lipinski definition) is 2. The van der Waals surface area contributed by atoms with Crippen LogP contribution in [0.25, 0.3) is 0 Å². The van der Waals surface area contributed by atoms with Gasteiger partial charge in [0.05, 0.1) is 0 Å². The van der Waals surface area contributed by atoms with E-state index in [9.17, 15) is 4.39 Å². The highest BCUT2D eigenvalue weighted by atomic mass is 19.1. The van der Waals surface area contributed by atoms with Crippen LogP contribution >= 0.6 is 0 Å². The van der Waals surface area contributed by atoms with E-state index in [1.54, 1.807) is 6.07 Å². The van der Waals surface area contributed by atoms with Gasteiger partial charge in [0.1, 0.15) is 5.82 Å². The first-order valence-corrected chi connectivity index (χ1v) is 5.05. The molecule has 1 saturated heterocycles. The summed E-state index contributed by atoms with van der Waals surface area (Å²) in [5.41, 5.74) is 2.41. The summed E-state index contributed by atoms with van der Waals surface area (Å²) in [6.45, 7) is 2.95. The average Bonchev–Trinajstić information content (AvgIpc) is 2.77. The molecule has 1 spiro atoms. The zero-order valence-corrected chi connectivity index (χ0v) is 7.94. The van der Waals surface area contributed by atoms with Crippen molar-refractivity contribution in [3.63, 3.8) is 0 Å². The van der Waals surface area contributed by atoms with Crippen LogP contribution in [0.2, 0.25) is 0 Å². The molecule has 1 atom stereocenters. The fourth-order valence-electron chi connectivity index (χ4n) is 2.59. The van der Waals surface area contributed by atoms with Gasteiger partial charge in [0.2, 0.25) is 0 Å². The Morgan fingerprint density at radius 1 is 1.29 bits per heavy atom. The van der Waals surface area contributed by atoms with Gasteiger partial charge in [-0.1, -0.05) is 0 Å². The molecule has 74 valence electrons. The van der Waals surface area contributed by atoms with Crippen LogP contribution in [-0.4, -0.2) is 19.6 Å². The molecule has 3 rings (SSSR count). The number of nitrogens with one attached hydrogen (secondary N) is 2. The van der Waals surface area contributed by atoms with Crippen molar-refractivity contribution >= 4 is 5.69 Å². The minimum Gasteiger partial charge on any atom is -0.384 e. The van der Waals surface area contributed by atoms with Gasteiger partial charge < -0.3 is 10.6 Å². The van der Waals surface area contributed by atoms with Gasteiger partial charge in [0, 0.05) is 24.2 Å². The molecule has 1 aromatic carbocycles. The Morgan fingerprint density at radius 2 is 2.21 bits per heavy atom. The SMILES string of the molecule is Fc1ccc2c(c1)[C@@]1(CCNC1)CN2. The van der Waals surface area contributed by atoms with Gasteiger partial charge in [0.15, 0.2) is 0 Å². The third-order valence-electron chi connectivity index (χ3n) is 3.41. The molecular formula is C11H13FN2. The van der Waals surface area contributed by atoms with Gasteiger partial charge in [-0.25, -0.2) is 4.39 Å². The average molecular weight is 192 g/mol. The lowest BCUT2D eigenvalue weighted by molar-refractivity contribution is 0.517. The lowest BCUT2D eigenvalue weighted by Gasteiger charge is -2.21. The number of fused-ring (bicyclic) bond motifs is 2. The quantitative estimate of drug-likeness (QED) is 0.650. The fourth-order valence-corrected chi connectivity index (χ4v) is 2.59. The maximum Gasteiger partial charge on any atom is 0.123 e. The molecule has 0 saturated carbocycles. The van der Waals surface area contributed by atoms with Crippen LogP contribution < -0.4 is 10.6 Å². The Morgan fingerprint density at radius 3 is 3.00 bits per heavy atom. The normalized spacial score (nSPS) is 29.2. The molecule has 0 bridgehead atoms. The van der Waals surface area contributed by atoms with E-state index in [2.05, 4.69) is 10.6 Å². The van der Waals surface area contributed by atoms with E-state index in [0.717, 1.165) is 37.3 Å². The van der Waals surface area contributed by atoms with Crippen molar-refractivity contribution in [3.05, 3.63) is 29.6 Å². The number of halogens is 1. The summed E-state index contributed by atoms with van der Waals surface area (Å²) in [5, 5.41) is 6.71. The third kappa shape index (κ3) is 0.989. The van der Waals surface area contributed by atoms with Gasteiger partial charge in [-0.15, -0.1) is 0 Å². The number of benzene rings is 1. The summed E-state index contributed by atoms with van der Waals surface area (Å²) in [5.74, 6) is -0.126. The largest absolute Gasteiger partial charge is 0.384 e. The zero-order valence-electron chi connectivity index (χ0n) is 7.94. The van der Waals surface area contributed by atoms with Crippen LogP contribution in [0.15, 0.2) is 18.2 Å². The van der Waals surface area contributed by atoms with E-state index < -0.39 is 0 Å².